The van der Waals surface area contributed by atoms with Crippen LogP contribution in [0.25, 0.3) is 0 Å². The van der Waals surface area contributed by atoms with Crippen LogP contribution in [0.4, 0.5) is 0 Å². The van der Waals surface area contributed by atoms with Gasteiger partial charge in [-0.1, -0.05) is 18.2 Å². The van der Waals surface area contributed by atoms with E-state index >= 15 is 0 Å². The van der Waals surface area contributed by atoms with Gasteiger partial charge in [0, 0.05) is 36.7 Å². The molecule has 0 bridgehead atoms. The van der Waals surface area contributed by atoms with Gasteiger partial charge in [-0.2, -0.15) is 0 Å². The number of hydrogen-bond acceptors (Lipinski definition) is 4. The van der Waals surface area contributed by atoms with E-state index in [1.165, 1.54) is 23.2 Å². The number of aryl methyl sites for hydroxylation is 1. The van der Waals surface area contributed by atoms with Gasteiger partial charge >= 0.3 is 0 Å². The van der Waals surface area contributed by atoms with Crippen LogP contribution in [0, 0.1) is 6.92 Å². The van der Waals surface area contributed by atoms with Gasteiger partial charge in [-0.3, -0.25) is 15.0 Å². The third kappa shape index (κ3) is 3.81. The van der Waals surface area contributed by atoms with Gasteiger partial charge in [0.05, 0.1) is 17.4 Å². The molecule has 0 aliphatic carbocycles. The minimum absolute atomic E-state index is 0.281. The molecule has 0 spiro atoms. The van der Waals surface area contributed by atoms with Crippen LogP contribution in [0.1, 0.15) is 59.6 Å². The summed E-state index contributed by atoms with van der Waals surface area (Å²) >= 11 is 0. The highest BCUT2D eigenvalue weighted by Crippen LogP contribution is 2.32. The van der Waals surface area contributed by atoms with E-state index in [9.17, 15) is 0 Å². The van der Waals surface area contributed by atoms with Crippen LogP contribution < -0.4 is 5.32 Å². The minimum Gasteiger partial charge on any atom is -0.300 e. The zero-order valence-corrected chi connectivity index (χ0v) is 15.1. The first-order chi connectivity index (χ1) is 12.8. The van der Waals surface area contributed by atoms with Gasteiger partial charge in [0.15, 0.2) is 0 Å². The quantitative estimate of drug-likeness (QED) is 0.765. The number of aromatic nitrogens is 3. The van der Waals surface area contributed by atoms with Gasteiger partial charge in [0.1, 0.15) is 0 Å². The molecular weight excluding hydrogens is 320 g/mol. The molecule has 4 nitrogen and oxygen atoms in total. The van der Waals surface area contributed by atoms with E-state index in [0.717, 1.165) is 30.7 Å². The minimum atomic E-state index is 0.281. The molecule has 0 unspecified atom stereocenters. The maximum absolute atomic E-state index is 4.93. The third-order valence-electron chi connectivity index (χ3n) is 5.06. The van der Waals surface area contributed by atoms with Crippen molar-refractivity contribution in [2.24, 2.45) is 0 Å². The lowest BCUT2D eigenvalue weighted by Crippen LogP contribution is -2.32. The first kappa shape index (κ1) is 16.9. The van der Waals surface area contributed by atoms with Crippen molar-refractivity contribution in [3.63, 3.8) is 0 Å². The van der Waals surface area contributed by atoms with Gasteiger partial charge in [-0.15, -0.1) is 0 Å². The summed E-state index contributed by atoms with van der Waals surface area (Å²) in [7, 11) is 0. The van der Waals surface area contributed by atoms with Crippen LogP contribution in [0.3, 0.4) is 0 Å². The fourth-order valence-electron chi connectivity index (χ4n) is 3.75. The van der Waals surface area contributed by atoms with E-state index in [-0.39, 0.29) is 6.04 Å². The lowest BCUT2D eigenvalue weighted by atomic mass is 9.92. The number of piperidine rings is 1. The number of rotatable bonds is 4. The van der Waals surface area contributed by atoms with Gasteiger partial charge < -0.3 is 5.32 Å². The molecule has 3 aromatic rings. The monoisotopic (exact) mass is 344 g/mol. The number of nitrogens with zero attached hydrogens (tertiary/aromatic N) is 3. The summed E-state index contributed by atoms with van der Waals surface area (Å²) in [6.07, 6.45) is 9.85. The van der Waals surface area contributed by atoms with Gasteiger partial charge in [0.2, 0.25) is 0 Å². The second-order valence-electron chi connectivity index (χ2n) is 7.00. The van der Waals surface area contributed by atoms with Crippen LogP contribution in [-0.4, -0.2) is 15.0 Å². The van der Waals surface area contributed by atoms with Crippen LogP contribution in [0.5, 0.6) is 0 Å². The Bertz CT molecular complexity index is 863. The maximum Gasteiger partial charge on any atom is 0.0602 e. The third-order valence-corrected chi connectivity index (χ3v) is 5.06. The van der Waals surface area contributed by atoms with Crippen molar-refractivity contribution < 1.29 is 0 Å². The second kappa shape index (κ2) is 7.75. The first-order valence-corrected chi connectivity index (χ1v) is 9.32. The van der Waals surface area contributed by atoms with Crippen LogP contribution in [-0.2, 0) is 6.42 Å². The average Bonchev–Trinajstić information content (AvgIpc) is 2.69. The highest BCUT2D eigenvalue weighted by atomic mass is 15.0. The summed E-state index contributed by atoms with van der Waals surface area (Å²) in [6, 6.07) is 15.1. The highest BCUT2D eigenvalue weighted by Gasteiger charge is 2.26. The summed E-state index contributed by atoms with van der Waals surface area (Å²) < 4.78 is 0. The Morgan fingerprint density at radius 1 is 1.00 bits per heavy atom. The molecule has 4 rings (SSSR count). The lowest BCUT2D eigenvalue weighted by molar-refractivity contribution is 0.320. The molecule has 0 radical (unpaired) electrons. The van der Waals surface area contributed by atoms with Crippen LogP contribution >= 0.6 is 0 Å². The highest BCUT2D eigenvalue weighted by molar-refractivity contribution is 5.24. The van der Waals surface area contributed by atoms with Gasteiger partial charge in [0.25, 0.3) is 0 Å². The Morgan fingerprint density at radius 2 is 1.88 bits per heavy atom. The van der Waals surface area contributed by atoms with Crippen molar-refractivity contribution in [2.45, 2.75) is 44.7 Å². The van der Waals surface area contributed by atoms with E-state index in [2.05, 4.69) is 52.5 Å². The molecule has 0 amide bonds. The van der Waals surface area contributed by atoms with Crippen molar-refractivity contribution in [2.75, 3.05) is 0 Å². The summed E-state index contributed by atoms with van der Waals surface area (Å²) in [5.74, 6) is 0. The SMILES string of the molecule is Cc1cccnc1[C@@H]1CCC[C@H](c2cccc(Cc3cccnc3)n2)N1. The predicted molar refractivity (Wildman–Crippen MR) is 103 cm³/mol. The molecule has 3 aromatic heterocycles. The molecule has 132 valence electrons. The first-order valence-electron chi connectivity index (χ1n) is 9.32. The number of pyridine rings is 3. The van der Waals surface area contributed by atoms with Crippen molar-refractivity contribution in [1.82, 2.24) is 20.3 Å². The molecule has 1 aliphatic heterocycles. The summed E-state index contributed by atoms with van der Waals surface area (Å²) in [5, 5.41) is 3.78. The molecule has 0 aromatic carbocycles. The fourth-order valence-corrected chi connectivity index (χ4v) is 3.75. The number of nitrogens with one attached hydrogen (secondary N) is 1. The van der Waals surface area contributed by atoms with E-state index in [1.807, 2.05) is 24.5 Å². The molecule has 1 aliphatic rings. The molecule has 4 heteroatoms. The van der Waals surface area contributed by atoms with Crippen molar-refractivity contribution in [3.8, 4) is 0 Å². The van der Waals surface area contributed by atoms with Gasteiger partial charge in [-0.25, -0.2) is 0 Å². The molecule has 1 saturated heterocycles. The van der Waals surface area contributed by atoms with E-state index in [4.69, 9.17) is 4.98 Å². The van der Waals surface area contributed by atoms with E-state index in [0.29, 0.717) is 6.04 Å². The Morgan fingerprint density at radius 3 is 2.73 bits per heavy atom. The van der Waals surface area contributed by atoms with Crippen molar-refractivity contribution in [3.05, 3.63) is 89.3 Å². The Kier molecular flexibility index (Phi) is 5.02. The summed E-state index contributed by atoms with van der Waals surface area (Å²) in [4.78, 5) is 13.7. The predicted octanol–water partition coefficient (Wildman–Crippen LogP) is 4.33. The van der Waals surface area contributed by atoms with Crippen molar-refractivity contribution in [1.29, 1.82) is 0 Å². The zero-order valence-electron chi connectivity index (χ0n) is 15.1. The van der Waals surface area contributed by atoms with Crippen LogP contribution in [0.2, 0.25) is 0 Å². The largest absolute Gasteiger partial charge is 0.300 e. The molecule has 4 heterocycles. The Hall–Kier alpha value is -2.59. The standard InChI is InChI=1S/C22H24N4/c1-16-6-4-13-24-22(16)21-11-3-10-20(26-21)19-9-2-8-18(25-19)14-17-7-5-12-23-15-17/h2,4-9,12-13,15,20-21,26H,3,10-11,14H2,1H3/t20-,21+/m1/s1. The van der Waals surface area contributed by atoms with Crippen molar-refractivity contribution >= 4 is 0 Å². The molecule has 26 heavy (non-hydrogen) atoms. The lowest BCUT2D eigenvalue weighted by Gasteiger charge is -2.31. The maximum atomic E-state index is 4.93. The Labute approximate surface area is 154 Å². The van der Waals surface area contributed by atoms with Gasteiger partial charge in [-0.05, 0) is 61.6 Å². The molecular formula is C22H24N4. The average molecular weight is 344 g/mol. The fraction of sp³-hybridized carbons (Fsp3) is 0.318. The summed E-state index contributed by atoms with van der Waals surface area (Å²) in [6.45, 7) is 2.14. The molecule has 1 N–H and O–H groups in total. The van der Waals surface area contributed by atoms with Crippen LogP contribution in [0.15, 0.2) is 61.1 Å². The zero-order chi connectivity index (χ0) is 17.8. The number of hydrogen-bond donors (Lipinski definition) is 1. The van der Waals surface area contributed by atoms with E-state index in [1.54, 1.807) is 6.20 Å². The molecule has 0 saturated carbocycles. The smallest absolute Gasteiger partial charge is 0.0602 e. The summed E-state index contributed by atoms with van der Waals surface area (Å²) in [5.41, 5.74) is 5.83. The molecule has 2 atom stereocenters. The molecule has 1 fully saturated rings. The Balaban J connectivity index is 1.52. The second-order valence-corrected chi connectivity index (χ2v) is 7.00. The van der Waals surface area contributed by atoms with E-state index < -0.39 is 0 Å². The topological polar surface area (TPSA) is 50.7 Å². The normalized spacial score (nSPS) is 20.0.